The third-order valence-corrected chi connectivity index (χ3v) is 3.35. The Labute approximate surface area is 148 Å². The minimum Gasteiger partial charge on any atom is -0.490 e. The summed E-state index contributed by atoms with van der Waals surface area (Å²) in [6, 6.07) is 10.8. The maximum absolute atomic E-state index is 12.0. The van der Waals surface area contributed by atoms with Crippen molar-refractivity contribution in [2.75, 3.05) is 6.61 Å². The fraction of sp³-hybridized carbons (Fsp3) is 0.0588. The van der Waals surface area contributed by atoms with Gasteiger partial charge in [-0.15, -0.1) is 0 Å². The van der Waals surface area contributed by atoms with Gasteiger partial charge in [-0.2, -0.15) is 5.10 Å². The molecule has 0 aliphatic carbocycles. The average Bonchev–Trinajstić information content (AvgIpc) is 2.61. The minimum atomic E-state index is -0.654. The summed E-state index contributed by atoms with van der Waals surface area (Å²) < 4.78 is 5.35. The molecule has 8 heteroatoms. The number of carbonyl (C=O) groups excluding carboxylic acids is 1. The maximum atomic E-state index is 12.0. The smallest absolute Gasteiger partial charge is 0.288 e. The molecule has 2 rings (SSSR count). The molecule has 0 aliphatic heterocycles. The van der Waals surface area contributed by atoms with Gasteiger partial charge in [-0.25, -0.2) is 5.43 Å². The Kier molecular flexibility index (Phi) is 6.25. The van der Waals surface area contributed by atoms with Gasteiger partial charge in [0.25, 0.3) is 11.6 Å². The van der Waals surface area contributed by atoms with E-state index in [1.165, 1.54) is 18.3 Å². The van der Waals surface area contributed by atoms with Crippen LogP contribution in [-0.4, -0.2) is 23.7 Å². The van der Waals surface area contributed by atoms with Crippen LogP contribution in [-0.2, 0) is 0 Å². The molecule has 0 saturated heterocycles. The first-order valence-electron chi connectivity index (χ1n) is 7.12. The fourth-order valence-electron chi connectivity index (χ4n) is 1.83. The lowest BCUT2D eigenvalue weighted by Gasteiger charge is -2.03. The van der Waals surface area contributed by atoms with Crippen molar-refractivity contribution in [3.8, 4) is 5.75 Å². The average molecular weight is 360 g/mol. The number of halogens is 1. The molecule has 128 valence electrons. The zero-order valence-corrected chi connectivity index (χ0v) is 13.8. The molecule has 0 aromatic heterocycles. The number of rotatable bonds is 7. The molecule has 0 saturated carbocycles. The Morgan fingerprint density at radius 2 is 2.04 bits per heavy atom. The van der Waals surface area contributed by atoms with E-state index in [2.05, 4.69) is 17.1 Å². The zero-order chi connectivity index (χ0) is 18.2. The van der Waals surface area contributed by atoms with Gasteiger partial charge < -0.3 is 4.74 Å². The van der Waals surface area contributed by atoms with E-state index in [1.807, 2.05) is 0 Å². The number of nitro groups is 1. The highest BCUT2D eigenvalue weighted by atomic mass is 35.5. The molecular weight excluding hydrogens is 346 g/mol. The summed E-state index contributed by atoms with van der Waals surface area (Å²) in [4.78, 5) is 22.2. The molecule has 0 heterocycles. The van der Waals surface area contributed by atoms with Gasteiger partial charge in [0, 0.05) is 11.6 Å². The second-order valence-electron chi connectivity index (χ2n) is 4.79. The summed E-state index contributed by atoms with van der Waals surface area (Å²) in [6.07, 6.45) is 3.09. The van der Waals surface area contributed by atoms with Gasteiger partial charge in [0.05, 0.1) is 11.1 Å². The third-order valence-electron chi connectivity index (χ3n) is 3.03. The monoisotopic (exact) mass is 359 g/mol. The topological polar surface area (TPSA) is 93.8 Å². The predicted octanol–water partition coefficient (Wildman–Crippen LogP) is 3.58. The molecule has 0 aliphatic rings. The number of amides is 1. The number of nitrogens with one attached hydrogen (secondary N) is 1. The number of nitrogens with zero attached hydrogens (tertiary/aromatic N) is 2. The molecular formula is C17H14ClN3O4. The van der Waals surface area contributed by atoms with Crippen molar-refractivity contribution in [3.63, 3.8) is 0 Å². The van der Waals surface area contributed by atoms with E-state index in [-0.39, 0.29) is 16.3 Å². The van der Waals surface area contributed by atoms with E-state index >= 15 is 0 Å². The summed E-state index contributed by atoms with van der Waals surface area (Å²) in [5.41, 5.74) is 2.79. The van der Waals surface area contributed by atoms with Crippen LogP contribution in [0.2, 0.25) is 5.02 Å². The van der Waals surface area contributed by atoms with Crippen LogP contribution in [0.3, 0.4) is 0 Å². The molecule has 0 unspecified atom stereocenters. The van der Waals surface area contributed by atoms with Crippen LogP contribution in [0.1, 0.15) is 15.9 Å². The highest BCUT2D eigenvalue weighted by molar-refractivity contribution is 6.32. The number of carbonyl (C=O) groups is 1. The van der Waals surface area contributed by atoms with E-state index in [4.69, 9.17) is 16.3 Å². The fourth-order valence-corrected chi connectivity index (χ4v) is 2.02. The van der Waals surface area contributed by atoms with Crippen molar-refractivity contribution < 1.29 is 14.5 Å². The summed E-state index contributed by atoms with van der Waals surface area (Å²) >= 11 is 5.71. The van der Waals surface area contributed by atoms with Gasteiger partial charge >= 0.3 is 0 Å². The van der Waals surface area contributed by atoms with Gasteiger partial charge in [0.1, 0.15) is 17.4 Å². The Hall–Kier alpha value is -3.19. The quantitative estimate of drug-likeness (QED) is 0.354. The van der Waals surface area contributed by atoms with E-state index in [0.717, 1.165) is 11.6 Å². The summed E-state index contributed by atoms with van der Waals surface area (Å²) in [5, 5.41) is 14.6. The first-order chi connectivity index (χ1) is 12.0. The first kappa shape index (κ1) is 18.2. The van der Waals surface area contributed by atoms with E-state index in [0.29, 0.717) is 12.4 Å². The summed E-state index contributed by atoms with van der Waals surface area (Å²) in [5.74, 6) is 0.108. The summed E-state index contributed by atoms with van der Waals surface area (Å²) in [6.45, 7) is 3.98. The molecule has 1 amide bonds. The van der Waals surface area contributed by atoms with Gasteiger partial charge in [-0.1, -0.05) is 24.3 Å². The van der Waals surface area contributed by atoms with E-state index in [9.17, 15) is 14.9 Å². The van der Waals surface area contributed by atoms with Crippen molar-refractivity contribution >= 4 is 29.4 Å². The van der Waals surface area contributed by atoms with Crippen molar-refractivity contribution in [2.45, 2.75) is 0 Å². The molecule has 7 nitrogen and oxygen atoms in total. The number of ether oxygens (including phenoxy) is 1. The van der Waals surface area contributed by atoms with Crippen molar-refractivity contribution in [3.05, 3.63) is 81.4 Å². The molecule has 0 atom stereocenters. The highest BCUT2D eigenvalue weighted by Gasteiger charge is 2.15. The van der Waals surface area contributed by atoms with Crippen molar-refractivity contribution in [1.82, 2.24) is 5.43 Å². The Morgan fingerprint density at radius 1 is 1.32 bits per heavy atom. The summed E-state index contributed by atoms with van der Waals surface area (Å²) in [7, 11) is 0. The molecule has 0 radical (unpaired) electrons. The number of benzene rings is 2. The lowest BCUT2D eigenvalue weighted by atomic mass is 10.2. The molecule has 1 N–H and O–H groups in total. The van der Waals surface area contributed by atoms with Crippen LogP contribution in [0.15, 0.2) is 60.2 Å². The largest absolute Gasteiger partial charge is 0.490 e. The second-order valence-corrected chi connectivity index (χ2v) is 5.20. The van der Waals surface area contributed by atoms with Gasteiger partial charge in [0.15, 0.2) is 0 Å². The standard InChI is InChI=1S/C17H14ClN3O4/c1-2-9-25-14-6-3-12(4-7-14)11-19-20-17(22)13-5-8-15(18)16(10-13)21(23)24/h2-8,10-11H,1,9H2,(H,20,22)/b19-11-. The van der Waals surface area contributed by atoms with E-state index < -0.39 is 10.8 Å². The van der Waals surface area contributed by atoms with Crippen LogP contribution in [0.25, 0.3) is 0 Å². The third kappa shape index (κ3) is 5.15. The first-order valence-corrected chi connectivity index (χ1v) is 7.50. The van der Waals surface area contributed by atoms with Gasteiger partial charge in [-0.05, 0) is 42.0 Å². The lowest BCUT2D eigenvalue weighted by molar-refractivity contribution is -0.384. The van der Waals surface area contributed by atoms with Gasteiger partial charge in [0.2, 0.25) is 0 Å². The van der Waals surface area contributed by atoms with Gasteiger partial charge in [-0.3, -0.25) is 14.9 Å². The molecule has 2 aromatic rings. The Balaban J connectivity index is 1.99. The molecule has 0 bridgehead atoms. The Bertz CT molecular complexity index is 819. The SMILES string of the molecule is C=CCOc1ccc(/C=N\NC(=O)c2ccc(Cl)c([N+](=O)[O-])c2)cc1. The number of hydrogen-bond acceptors (Lipinski definition) is 5. The van der Waals surface area contributed by atoms with Crippen LogP contribution in [0, 0.1) is 10.1 Å². The number of nitro benzene ring substituents is 1. The predicted molar refractivity (Wildman–Crippen MR) is 95.3 cm³/mol. The van der Waals surface area contributed by atoms with Crippen molar-refractivity contribution in [2.24, 2.45) is 5.10 Å². The lowest BCUT2D eigenvalue weighted by Crippen LogP contribution is -2.17. The van der Waals surface area contributed by atoms with E-state index in [1.54, 1.807) is 30.3 Å². The van der Waals surface area contributed by atoms with Crippen molar-refractivity contribution in [1.29, 1.82) is 0 Å². The zero-order valence-electron chi connectivity index (χ0n) is 13.0. The molecule has 0 fully saturated rings. The van der Waals surface area contributed by atoms with Crippen LogP contribution >= 0.6 is 11.6 Å². The molecule has 0 spiro atoms. The minimum absolute atomic E-state index is 0.0381. The van der Waals surface area contributed by atoms with Crippen LogP contribution in [0.5, 0.6) is 5.75 Å². The normalized spacial score (nSPS) is 10.4. The molecule has 2 aromatic carbocycles. The number of hydrogen-bond donors (Lipinski definition) is 1. The second kappa shape index (κ2) is 8.60. The molecule has 25 heavy (non-hydrogen) atoms. The number of hydrazone groups is 1. The highest BCUT2D eigenvalue weighted by Crippen LogP contribution is 2.24. The Morgan fingerprint density at radius 3 is 2.68 bits per heavy atom. The van der Waals surface area contributed by atoms with Crippen LogP contribution < -0.4 is 10.2 Å². The maximum Gasteiger partial charge on any atom is 0.288 e. The van der Waals surface area contributed by atoms with Crippen LogP contribution in [0.4, 0.5) is 5.69 Å².